The van der Waals surface area contributed by atoms with E-state index < -0.39 is 13.0 Å². The number of aromatic nitrogens is 2. The molecule has 0 atom stereocenters. The third-order valence-electron chi connectivity index (χ3n) is 1.42. The molecule has 8 heteroatoms. The Morgan fingerprint density at radius 2 is 2.40 bits per heavy atom. The minimum Gasteiger partial charge on any atom is -0.470 e. The molecule has 0 spiro atoms. The van der Waals surface area contributed by atoms with Gasteiger partial charge >= 0.3 is 0 Å². The fourth-order valence-corrected chi connectivity index (χ4v) is 0.816. The maximum Gasteiger partial charge on any atom is 0.272 e. The molecule has 82 valence electrons. The fraction of sp³-hybridized carbons (Fsp3) is 0.286. The van der Waals surface area contributed by atoms with Crippen LogP contribution in [0.4, 0.5) is 8.78 Å². The smallest absolute Gasteiger partial charge is 0.272 e. The zero-order chi connectivity index (χ0) is 11.3. The predicted molar refractivity (Wildman–Crippen MR) is 46.0 cm³/mol. The number of hydrogen-bond acceptors (Lipinski definition) is 5. The minimum absolute atomic E-state index is 0.105. The highest BCUT2D eigenvalue weighted by Gasteiger charge is 2.12. The van der Waals surface area contributed by atoms with Gasteiger partial charge in [0.15, 0.2) is 12.4 Å². The number of rotatable bonds is 4. The van der Waals surface area contributed by atoms with Gasteiger partial charge in [0.05, 0.1) is 11.8 Å². The second-order valence-corrected chi connectivity index (χ2v) is 2.44. The van der Waals surface area contributed by atoms with Crippen LogP contribution >= 0.6 is 0 Å². The lowest BCUT2D eigenvalue weighted by Gasteiger charge is -2.07. The van der Waals surface area contributed by atoms with Crippen molar-refractivity contribution in [2.45, 2.75) is 6.43 Å². The molecule has 1 rings (SSSR count). The van der Waals surface area contributed by atoms with Crippen LogP contribution in [0.1, 0.15) is 5.56 Å². The summed E-state index contributed by atoms with van der Waals surface area (Å²) in [5.74, 6) is -0.484. The van der Waals surface area contributed by atoms with E-state index in [1.165, 1.54) is 12.3 Å². The number of alkyl halides is 2. The van der Waals surface area contributed by atoms with Crippen LogP contribution in [0.3, 0.4) is 0 Å². The van der Waals surface area contributed by atoms with E-state index in [0.717, 1.165) is 0 Å². The van der Waals surface area contributed by atoms with Gasteiger partial charge in [-0.3, -0.25) is 0 Å². The van der Waals surface area contributed by atoms with Crippen molar-refractivity contribution in [1.29, 1.82) is 0 Å². The molecule has 0 saturated carbocycles. The molecule has 0 aliphatic rings. The Morgan fingerprint density at radius 3 is 3.00 bits per heavy atom. The summed E-state index contributed by atoms with van der Waals surface area (Å²) in [6, 6.07) is 1.34. The van der Waals surface area contributed by atoms with Crippen molar-refractivity contribution in [3.63, 3.8) is 0 Å². The molecule has 3 N–H and O–H groups in total. The Morgan fingerprint density at radius 1 is 1.67 bits per heavy atom. The van der Waals surface area contributed by atoms with Crippen molar-refractivity contribution in [2.75, 3.05) is 6.61 Å². The van der Waals surface area contributed by atoms with Gasteiger partial charge in [-0.25, -0.2) is 8.78 Å². The van der Waals surface area contributed by atoms with E-state index in [1.807, 2.05) is 0 Å². The molecule has 6 nitrogen and oxygen atoms in total. The molecular weight excluding hydrogens is 210 g/mol. The minimum atomic E-state index is -2.63. The maximum absolute atomic E-state index is 11.9. The number of hydrogen-bond donors (Lipinski definition) is 2. The topological polar surface area (TPSA) is 93.6 Å². The van der Waals surface area contributed by atoms with Crippen LogP contribution in [-0.2, 0) is 0 Å². The number of nitrogens with zero attached hydrogens (tertiary/aromatic N) is 3. The zero-order valence-electron chi connectivity index (χ0n) is 7.47. The van der Waals surface area contributed by atoms with E-state index in [-0.39, 0.29) is 17.3 Å². The summed E-state index contributed by atoms with van der Waals surface area (Å²) in [5, 5.41) is 18.0. The van der Waals surface area contributed by atoms with Crippen LogP contribution in [0.2, 0.25) is 0 Å². The average molecular weight is 218 g/mol. The highest BCUT2D eigenvalue weighted by atomic mass is 19.3. The van der Waals surface area contributed by atoms with Crippen LogP contribution in [0.25, 0.3) is 0 Å². The van der Waals surface area contributed by atoms with Gasteiger partial charge < -0.3 is 15.7 Å². The second kappa shape index (κ2) is 5.03. The van der Waals surface area contributed by atoms with Crippen molar-refractivity contribution in [2.24, 2.45) is 10.9 Å². The van der Waals surface area contributed by atoms with Crippen molar-refractivity contribution >= 4 is 5.84 Å². The Bertz CT molecular complexity index is 359. The Hall–Kier alpha value is -1.99. The zero-order valence-corrected chi connectivity index (χ0v) is 7.47. The second-order valence-electron chi connectivity index (χ2n) is 2.44. The van der Waals surface area contributed by atoms with Gasteiger partial charge in [0.2, 0.25) is 5.88 Å². The number of halogens is 2. The van der Waals surface area contributed by atoms with E-state index in [2.05, 4.69) is 20.1 Å². The van der Waals surface area contributed by atoms with Gasteiger partial charge in [0.25, 0.3) is 6.43 Å². The highest BCUT2D eigenvalue weighted by molar-refractivity contribution is 5.98. The molecule has 1 aromatic rings. The Balaban J connectivity index is 2.87. The number of nitrogens with two attached hydrogens (primary N) is 1. The van der Waals surface area contributed by atoms with Crippen LogP contribution in [0, 0.1) is 0 Å². The van der Waals surface area contributed by atoms with Crippen molar-refractivity contribution in [1.82, 2.24) is 10.2 Å². The number of ether oxygens (including phenoxy) is 1. The quantitative estimate of drug-likeness (QED) is 0.326. The molecule has 1 aromatic heterocycles. The van der Waals surface area contributed by atoms with E-state index >= 15 is 0 Å². The van der Waals surface area contributed by atoms with Gasteiger partial charge in [0, 0.05) is 0 Å². The molecule has 0 aliphatic carbocycles. The first-order valence-electron chi connectivity index (χ1n) is 3.85. The molecule has 0 fully saturated rings. The largest absolute Gasteiger partial charge is 0.470 e. The lowest BCUT2D eigenvalue weighted by Crippen LogP contribution is -2.17. The number of amidine groups is 1. The lowest BCUT2D eigenvalue weighted by atomic mass is 10.3. The molecule has 0 bridgehead atoms. The van der Waals surface area contributed by atoms with Gasteiger partial charge in [-0.1, -0.05) is 5.16 Å². The fourth-order valence-electron chi connectivity index (χ4n) is 0.816. The van der Waals surface area contributed by atoms with Crippen molar-refractivity contribution in [3.8, 4) is 5.88 Å². The van der Waals surface area contributed by atoms with Crippen molar-refractivity contribution < 1.29 is 18.7 Å². The average Bonchev–Trinajstić information content (AvgIpc) is 2.25. The molecule has 0 saturated heterocycles. The lowest BCUT2D eigenvalue weighted by molar-refractivity contribution is 0.0789. The molecule has 1 heterocycles. The first kappa shape index (κ1) is 11.1. The molecule has 0 radical (unpaired) electrons. The van der Waals surface area contributed by atoms with Crippen molar-refractivity contribution in [3.05, 3.63) is 17.8 Å². The van der Waals surface area contributed by atoms with E-state index in [4.69, 9.17) is 10.9 Å². The summed E-state index contributed by atoms with van der Waals surface area (Å²) in [6.45, 7) is -0.829. The summed E-state index contributed by atoms with van der Waals surface area (Å²) in [5.41, 5.74) is 5.37. The molecular formula is C7H8F2N4O2. The molecule has 0 aromatic carbocycles. The van der Waals surface area contributed by atoms with Crippen LogP contribution in [0.15, 0.2) is 17.4 Å². The summed E-state index contributed by atoms with van der Waals surface area (Å²) in [4.78, 5) is 0. The molecule has 0 unspecified atom stereocenters. The maximum atomic E-state index is 11.9. The summed E-state index contributed by atoms with van der Waals surface area (Å²) in [7, 11) is 0. The first-order valence-corrected chi connectivity index (χ1v) is 3.85. The van der Waals surface area contributed by atoms with Crippen LogP contribution in [-0.4, -0.2) is 34.3 Å². The summed E-state index contributed by atoms with van der Waals surface area (Å²) < 4.78 is 28.3. The number of oxime groups is 1. The molecule has 15 heavy (non-hydrogen) atoms. The Kier molecular flexibility index (Phi) is 3.72. The normalized spacial score (nSPS) is 11.8. The third kappa shape index (κ3) is 3.01. The van der Waals surface area contributed by atoms with E-state index in [1.54, 1.807) is 0 Å². The van der Waals surface area contributed by atoms with Crippen LogP contribution < -0.4 is 10.5 Å². The Labute approximate surface area is 83.4 Å². The first-order chi connectivity index (χ1) is 7.15. The standard InChI is InChI=1S/C7H8F2N4O2/c8-5(9)3-15-7-4(6(10)13-14)1-2-11-12-7/h1-2,5,14H,3H2,(H2,10,13). The van der Waals surface area contributed by atoms with Crippen LogP contribution in [0.5, 0.6) is 5.88 Å². The monoisotopic (exact) mass is 218 g/mol. The third-order valence-corrected chi connectivity index (χ3v) is 1.42. The highest BCUT2D eigenvalue weighted by Crippen LogP contribution is 2.13. The van der Waals surface area contributed by atoms with Gasteiger partial charge in [-0.2, -0.15) is 5.10 Å². The molecule has 0 aliphatic heterocycles. The summed E-state index contributed by atoms with van der Waals surface area (Å²) >= 11 is 0. The van der Waals surface area contributed by atoms with Gasteiger partial charge in [0.1, 0.15) is 0 Å². The SMILES string of the molecule is N/C(=N/O)c1ccnnc1OCC(F)F. The van der Waals surface area contributed by atoms with E-state index in [9.17, 15) is 8.78 Å². The summed E-state index contributed by atoms with van der Waals surface area (Å²) in [6.07, 6.45) is -1.37. The van der Waals surface area contributed by atoms with Gasteiger partial charge in [-0.05, 0) is 6.07 Å². The van der Waals surface area contributed by atoms with Gasteiger partial charge in [-0.15, -0.1) is 5.10 Å². The molecule has 0 amide bonds. The predicted octanol–water partition coefficient (Wildman–Crippen LogP) is 0.215. The van der Waals surface area contributed by atoms with E-state index in [0.29, 0.717) is 0 Å².